The third kappa shape index (κ3) is 5.13. The highest BCUT2D eigenvalue weighted by atomic mass is 35.5. The summed E-state index contributed by atoms with van der Waals surface area (Å²) in [5, 5.41) is 7.53. The number of ether oxygens (including phenoxy) is 2. The summed E-state index contributed by atoms with van der Waals surface area (Å²) in [7, 11) is 1.43. The summed E-state index contributed by atoms with van der Waals surface area (Å²) in [6, 6.07) is 7.98. The smallest absolute Gasteiger partial charge is 0.308 e. The number of hydrogen-bond acceptors (Lipinski definition) is 5. The zero-order chi connectivity index (χ0) is 25.3. The lowest BCUT2D eigenvalue weighted by molar-refractivity contribution is -0.146. The highest BCUT2D eigenvalue weighted by Crippen LogP contribution is 2.49. The molecule has 0 unspecified atom stereocenters. The molecule has 1 aliphatic heterocycles. The van der Waals surface area contributed by atoms with Crippen LogP contribution in [0, 0.1) is 29.4 Å². The number of nitrogens with one attached hydrogen (secondary N) is 2. The van der Waals surface area contributed by atoms with E-state index in [0.717, 1.165) is 44.1 Å². The zero-order valence-electron chi connectivity index (χ0n) is 20.5. The van der Waals surface area contributed by atoms with Crippen LogP contribution in [-0.2, 0) is 15.2 Å². The van der Waals surface area contributed by atoms with Crippen LogP contribution in [0.25, 0.3) is 0 Å². The molecule has 194 valence electrons. The van der Waals surface area contributed by atoms with Crippen LogP contribution >= 0.6 is 11.6 Å². The molecule has 36 heavy (non-hydrogen) atoms. The van der Waals surface area contributed by atoms with E-state index in [-0.39, 0.29) is 17.8 Å². The Morgan fingerprint density at radius 1 is 0.972 bits per heavy atom. The molecule has 0 amide bonds. The van der Waals surface area contributed by atoms with Gasteiger partial charge in [-0.1, -0.05) is 24.4 Å². The molecule has 2 N–H and O–H groups in total. The van der Waals surface area contributed by atoms with Crippen LogP contribution in [-0.4, -0.2) is 19.7 Å². The van der Waals surface area contributed by atoms with Gasteiger partial charge in [-0.25, -0.2) is 8.78 Å². The Balaban J connectivity index is 1.45. The Morgan fingerprint density at radius 2 is 1.61 bits per heavy atom. The Kier molecular flexibility index (Phi) is 7.29. The predicted octanol–water partition coefficient (Wildman–Crippen LogP) is 7.25. The van der Waals surface area contributed by atoms with Crippen molar-refractivity contribution in [3.63, 3.8) is 0 Å². The second-order valence-corrected chi connectivity index (χ2v) is 11.0. The van der Waals surface area contributed by atoms with Gasteiger partial charge in [0.05, 0.1) is 31.0 Å². The molecule has 0 saturated heterocycles. The monoisotopic (exact) mass is 518 g/mol. The highest BCUT2D eigenvalue weighted by molar-refractivity contribution is 6.30. The van der Waals surface area contributed by atoms with Crippen molar-refractivity contribution in [3.8, 4) is 5.75 Å². The molecule has 0 atom stereocenters. The quantitative estimate of drug-likeness (QED) is 0.378. The third-order valence-corrected chi connectivity index (χ3v) is 8.32. The van der Waals surface area contributed by atoms with E-state index in [1.165, 1.54) is 32.1 Å². The summed E-state index contributed by atoms with van der Waals surface area (Å²) in [6.45, 7) is 0.615. The van der Waals surface area contributed by atoms with E-state index >= 15 is 0 Å². The van der Waals surface area contributed by atoms with Gasteiger partial charge >= 0.3 is 5.97 Å². The minimum absolute atomic E-state index is 0.0760. The number of hydrogen-bond donors (Lipinski definition) is 2. The first-order chi connectivity index (χ1) is 17.4. The number of fused-ring (bicyclic) bond motifs is 1. The number of halogens is 3. The summed E-state index contributed by atoms with van der Waals surface area (Å²) in [5.74, 6) is -0.546. The van der Waals surface area contributed by atoms with Crippen molar-refractivity contribution in [3.05, 3.63) is 52.6 Å². The summed E-state index contributed by atoms with van der Waals surface area (Å²) < 4.78 is 39.6. The first-order valence-electron chi connectivity index (χ1n) is 12.9. The van der Waals surface area contributed by atoms with Crippen LogP contribution in [0.1, 0.15) is 63.4 Å². The maximum Gasteiger partial charge on any atom is 0.308 e. The number of carbonyl (C=O) groups excluding carboxylic acids is 1. The zero-order valence-corrected chi connectivity index (χ0v) is 21.3. The largest absolute Gasteiger partial charge is 0.493 e. The second kappa shape index (κ2) is 10.4. The summed E-state index contributed by atoms with van der Waals surface area (Å²) in [6.07, 6.45) is 8.65. The van der Waals surface area contributed by atoms with E-state index in [1.807, 2.05) is 18.2 Å². The molecule has 1 heterocycles. The molecule has 2 aliphatic carbocycles. The standard InChI is InChI=1S/C28H33ClF2N2O3/c1-35-27(34)19-8-6-17(7-9-19)15-28(32-24-13-22(30)23(31)14-25(24)33-28)21-11-10-20(29)12-26(21)36-16-18-4-2-3-5-18/h10-14,17-19,32-33H,2-9,15-16H2,1H3. The van der Waals surface area contributed by atoms with Gasteiger partial charge in [-0.05, 0) is 75.0 Å². The van der Waals surface area contributed by atoms with Crippen LogP contribution in [0.3, 0.4) is 0 Å². The van der Waals surface area contributed by atoms with Crippen molar-refractivity contribution in [2.45, 2.75) is 63.5 Å². The summed E-state index contributed by atoms with van der Waals surface area (Å²) in [4.78, 5) is 12.0. The number of methoxy groups -OCH3 is 1. The molecular formula is C28H33ClF2N2O3. The van der Waals surface area contributed by atoms with Crippen LogP contribution in [0.2, 0.25) is 5.02 Å². The van der Waals surface area contributed by atoms with Crippen LogP contribution in [0.15, 0.2) is 30.3 Å². The average molecular weight is 519 g/mol. The minimum Gasteiger partial charge on any atom is -0.493 e. The molecule has 0 bridgehead atoms. The third-order valence-electron chi connectivity index (χ3n) is 8.09. The van der Waals surface area contributed by atoms with E-state index in [2.05, 4.69) is 10.6 Å². The van der Waals surface area contributed by atoms with Crippen molar-refractivity contribution < 1.29 is 23.0 Å². The predicted molar refractivity (Wildman–Crippen MR) is 136 cm³/mol. The van der Waals surface area contributed by atoms with Crippen LogP contribution < -0.4 is 15.4 Å². The molecule has 0 aromatic heterocycles. The van der Waals surface area contributed by atoms with E-state index in [0.29, 0.717) is 41.1 Å². The van der Waals surface area contributed by atoms with Crippen LogP contribution in [0.5, 0.6) is 5.75 Å². The molecule has 5 nitrogen and oxygen atoms in total. The van der Waals surface area contributed by atoms with Gasteiger partial charge in [0, 0.05) is 22.7 Å². The maximum absolute atomic E-state index is 14.1. The fourth-order valence-electron chi connectivity index (χ4n) is 6.15. The Bertz CT molecular complexity index is 1080. The SMILES string of the molecule is COC(=O)C1CCC(CC2(c3ccc(Cl)cc3OCC3CCCC3)Nc3cc(F)c(F)cc3N2)CC1. The second-order valence-electron chi connectivity index (χ2n) is 10.5. The molecule has 0 spiro atoms. The van der Waals surface area contributed by atoms with E-state index in [4.69, 9.17) is 21.1 Å². The maximum atomic E-state index is 14.1. The van der Waals surface area contributed by atoms with Crippen molar-refractivity contribution in [1.29, 1.82) is 0 Å². The molecule has 0 radical (unpaired) electrons. The number of rotatable bonds is 7. The fourth-order valence-corrected chi connectivity index (χ4v) is 6.31. The topological polar surface area (TPSA) is 59.6 Å². The summed E-state index contributed by atoms with van der Waals surface area (Å²) >= 11 is 6.38. The Labute approximate surface area is 215 Å². The summed E-state index contributed by atoms with van der Waals surface area (Å²) in [5.41, 5.74) is 1.04. The van der Waals surface area contributed by atoms with Crippen molar-refractivity contribution >= 4 is 28.9 Å². The van der Waals surface area contributed by atoms with Crippen molar-refractivity contribution in [2.75, 3.05) is 24.4 Å². The van der Waals surface area contributed by atoms with Crippen LogP contribution in [0.4, 0.5) is 20.2 Å². The normalized spacial score (nSPS) is 23.0. The van der Waals surface area contributed by atoms with Crippen molar-refractivity contribution in [1.82, 2.24) is 0 Å². The lowest BCUT2D eigenvalue weighted by Gasteiger charge is -2.38. The van der Waals surface area contributed by atoms with Gasteiger partial charge in [-0.15, -0.1) is 0 Å². The van der Waals surface area contributed by atoms with Gasteiger partial charge in [-0.3, -0.25) is 4.79 Å². The average Bonchev–Trinajstić information content (AvgIpc) is 3.51. The van der Waals surface area contributed by atoms with Gasteiger partial charge in [-0.2, -0.15) is 0 Å². The first kappa shape index (κ1) is 25.1. The molecule has 2 aromatic rings. The van der Waals surface area contributed by atoms with E-state index in [9.17, 15) is 13.6 Å². The first-order valence-corrected chi connectivity index (χ1v) is 13.3. The Morgan fingerprint density at radius 3 is 2.22 bits per heavy atom. The Hall–Kier alpha value is -2.54. The molecule has 2 fully saturated rings. The van der Waals surface area contributed by atoms with Gasteiger partial charge in [0.1, 0.15) is 11.4 Å². The molecule has 5 rings (SSSR count). The number of carbonyl (C=O) groups is 1. The molecular weight excluding hydrogens is 486 g/mol. The van der Waals surface area contributed by atoms with Gasteiger partial charge in [0.15, 0.2) is 11.6 Å². The lowest BCUT2D eigenvalue weighted by Crippen LogP contribution is -2.42. The van der Waals surface area contributed by atoms with Crippen molar-refractivity contribution in [2.24, 2.45) is 17.8 Å². The van der Waals surface area contributed by atoms with Gasteiger partial charge in [0.2, 0.25) is 0 Å². The highest BCUT2D eigenvalue weighted by Gasteiger charge is 2.43. The van der Waals surface area contributed by atoms with Gasteiger partial charge < -0.3 is 20.1 Å². The minimum atomic E-state index is -0.897. The number of benzene rings is 2. The molecule has 8 heteroatoms. The van der Waals surface area contributed by atoms with Gasteiger partial charge in [0.25, 0.3) is 0 Å². The number of esters is 1. The molecule has 3 aliphatic rings. The number of anilines is 2. The van der Waals surface area contributed by atoms with E-state index in [1.54, 1.807) is 0 Å². The molecule has 2 aromatic carbocycles. The lowest BCUT2D eigenvalue weighted by atomic mass is 9.76. The van der Waals surface area contributed by atoms with E-state index < -0.39 is 17.3 Å². The fraction of sp³-hybridized carbons (Fsp3) is 0.536. The molecule has 2 saturated carbocycles.